The molecule has 0 aliphatic heterocycles. The van der Waals surface area contributed by atoms with Crippen molar-refractivity contribution in [2.24, 2.45) is 0 Å². The van der Waals surface area contributed by atoms with Crippen LogP contribution in [0.2, 0.25) is 0 Å². The topological polar surface area (TPSA) is 26.3 Å². The number of ether oxygens (including phenoxy) is 1. The maximum absolute atomic E-state index is 13.7. The number of benzene rings is 2. The average Bonchev–Trinajstić information content (AvgIpc) is 2.60. The zero-order chi connectivity index (χ0) is 18.2. The van der Waals surface area contributed by atoms with Crippen LogP contribution in [0.4, 0.5) is 4.39 Å². The van der Waals surface area contributed by atoms with Gasteiger partial charge in [0.25, 0.3) is 0 Å². The summed E-state index contributed by atoms with van der Waals surface area (Å²) in [5, 5.41) is 0. The van der Waals surface area contributed by atoms with E-state index in [1.54, 1.807) is 31.4 Å². The van der Waals surface area contributed by atoms with E-state index in [9.17, 15) is 9.18 Å². The molecule has 0 fully saturated rings. The van der Waals surface area contributed by atoms with Gasteiger partial charge in [-0.1, -0.05) is 40.2 Å². The summed E-state index contributed by atoms with van der Waals surface area (Å²) >= 11 is 3.27. The number of carbonyl (C=O) groups is 1. The molecule has 2 nitrogen and oxygen atoms in total. The first-order valence-electron chi connectivity index (χ1n) is 7.67. The number of carbonyl (C=O) groups excluding carboxylic acids is 1. The largest absolute Gasteiger partial charge is 0.496 e. The van der Waals surface area contributed by atoms with E-state index in [0.29, 0.717) is 16.5 Å². The van der Waals surface area contributed by atoms with Crippen LogP contribution in [0.3, 0.4) is 0 Å². The van der Waals surface area contributed by atoms with Gasteiger partial charge in [-0.15, -0.1) is 6.58 Å². The quantitative estimate of drug-likeness (QED) is 0.445. The zero-order valence-electron chi connectivity index (χ0n) is 13.8. The van der Waals surface area contributed by atoms with Gasteiger partial charge in [0.15, 0.2) is 5.78 Å². The van der Waals surface area contributed by atoms with Crippen LogP contribution < -0.4 is 4.74 Å². The SMILES string of the molecule is C=CCc1cc(/C=C/C(=O)/C=C/c2c(F)cccc2Br)ccc1OC. The number of rotatable bonds is 7. The van der Waals surface area contributed by atoms with Crippen LogP contribution in [0.5, 0.6) is 5.75 Å². The van der Waals surface area contributed by atoms with Crippen LogP contribution in [-0.2, 0) is 11.2 Å². The number of hydrogen-bond donors (Lipinski definition) is 0. The van der Waals surface area contributed by atoms with E-state index in [1.165, 1.54) is 24.3 Å². The standard InChI is InChI=1S/C21H18BrFO2/c1-3-5-16-14-15(9-13-21(16)25-2)8-10-17(24)11-12-18-19(22)6-4-7-20(18)23/h3-4,6-14H,1,5H2,2H3/b10-8+,12-11+. The molecule has 2 aromatic carbocycles. The average molecular weight is 401 g/mol. The number of hydrogen-bond acceptors (Lipinski definition) is 2. The first-order valence-corrected chi connectivity index (χ1v) is 8.46. The van der Waals surface area contributed by atoms with Gasteiger partial charge in [-0.05, 0) is 60.0 Å². The Kier molecular flexibility index (Phi) is 6.90. The molecule has 0 N–H and O–H groups in total. The summed E-state index contributed by atoms with van der Waals surface area (Å²) in [6, 6.07) is 10.3. The molecule has 0 radical (unpaired) electrons. The molecule has 0 aliphatic carbocycles. The van der Waals surface area contributed by atoms with E-state index >= 15 is 0 Å². The van der Waals surface area contributed by atoms with Crippen molar-refractivity contribution < 1.29 is 13.9 Å². The summed E-state index contributed by atoms with van der Waals surface area (Å²) in [5.41, 5.74) is 2.23. The fraction of sp³-hybridized carbons (Fsp3) is 0.0952. The Morgan fingerprint density at radius 2 is 2.00 bits per heavy atom. The summed E-state index contributed by atoms with van der Waals surface area (Å²) in [5.74, 6) is 0.176. The zero-order valence-corrected chi connectivity index (χ0v) is 15.4. The van der Waals surface area contributed by atoms with Crippen LogP contribution in [0.1, 0.15) is 16.7 Å². The Morgan fingerprint density at radius 3 is 2.68 bits per heavy atom. The molecule has 0 bridgehead atoms. The molecule has 0 spiro atoms. The minimum Gasteiger partial charge on any atom is -0.496 e. The minimum atomic E-state index is -0.383. The second-order valence-electron chi connectivity index (χ2n) is 5.27. The normalized spacial score (nSPS) is 11.2. The van der Waals surface area contributed by atoms with Crippen molar-refractivity contribution in [3.63, 3.8) is 0 Å². The molecular formula is C21H18BrFO2. The third kappa shape index (κ3) is 5.26. The minimum absolute atomic E-state index is 0.226. The maximum Gasteiger partial charge on any atom is 0.178 e. The van der Waals surface area contributed by atoms with Gasteiger partial charge in [0.05, 0.1) is 7.11 Å². The number of halogens is 2. The third-order valence-corrected chi connectivity index (χ3v) is 4.21. The lowest BCUT2D eigenvalue weighted by Crippen LogP contribution is -1.92. The highest BCUT2D eigenvalue weighted by molar-refractivity contribution is 9.10. The van der Waals surface area contributed by atoms with Crippen molar-refractivity contribution in [3.8, 4) is 5.75 Å². The molecular weight excluding hydrogens is 383 g/mol. The molecule has 0 aliphatic rings. The highest BCUT2D eigenvalue weighted by Gasteiger charge is 2.04. The van der Waals surface area contributed by atoms with Crippen molar-refractivity contribution in [3.05, 3.63) is 88.2 Å². The number of methoxy groups -OCH3 is 1. The predicted octanol–water partition coefficient (Wildman–Crippen LogP) is 5.62. The van der Waals surface area contributed by atoms with E-state index in [-0.39, 0.29) is 11.6 Å². The molecule has 4 heteroatoms. The van der Waals surface area contributed by atoms with E-state index in [1.807, 2.05) is 18.2 Å². The molecule has 0 amide bonds. The van der Waals surface area contributed by atoms with Crippen LogP contribution in [-0.4, -0.2) is 12.9 Å². The Balaban J connectivity index is 2.13. The predicted molar refractivity (Wildman–Crippen MR) is 104 cm³/mol. The van der Waals surface area contributed by atoms with Crippen LogP contribution in [0, 0.1) is 5.82 Å². The molecule has 0 saturated heterocycles. The molecule has 2 rings (SSSR count). The van der Waals surface area contributed by atoms with E-state index in [4.69, 9.17) is 4.74 Å². The first kappa shape index (κ1) is 18.9. The number of allylic oxidation sites excluding steroid dienone is 3. The lowest BCUT2D eigenvalue weighted by atomic mass is 10.1. The molecule has 0 unspecified atom stereocenters. The van der Waals surface area contributed by atoms with Gasteiger partial charge in [0.1, 0.15) is 11.6 Å². The lowest BCUT2D eigenvalue weighted by molar-refractivity contribution is -0.110. The van der Waals surface area contributed by atoms with Gasteiger partial charge in [-0.2, -0.15) is 0 Å². The second kappa shape index (κ2) is 9.14. The molecule has 25 heavy (non-hydrogen) atoms. The lowest BCUT2D eigenvalue weighted by Gasteiger charge is -2.07. The highest BCUT2D eigenvalue weighted by atomic mass is 79.9. The molecule has 2 aromatic rings. The van der Waals surface area contributed by atoms with Crippen LogP contribution in [0.25, 0.3) is 12.2 Å². The summed E-state index contributed by atoms with van der Waals surface area (Å²) in [7, 11) is 1.62. The second-order valence-corrected chi connectivity index (χ2v) is 6.12. The van der Waals surface area contributed by atoms with Crippen molar-refractivity contribution >= 4 is 33.9 Å². The third-order valence-electron chi connectivity index (χ3n) is 3.52. The summed E-state index contributed by atoms with van der Waals surface area (Å²) in [4.78, 5) is 12.0. The molecule has 0 heterocycles. The van der Waals surface area contributed by atoms with Crippen molar-refractivity contribution in [2.45, 2.75) is 6.42 Å². The summed E-state index contributed by atoms with van der Waals surface area (Å²) in [6.07, 6.45) is 8.45. The Labute approximate surface area is 155 Å². The summed E-state index contributed by atoms with van der Waals surface area (Å²) in [6.45, 7) is 3.73. The molecule has 0 aromatic heterocycles. The first-order chi connectivity index (χ1) is 12.0. The molecule has 128 valence electrons. The summed E-state index contributed by atoms with van der Waals surface area (Å²) < 4.78 is 19.6. The molecule has 0 atom stereocenters. The van der Waals surface area contributed by atoms with E-state index in [2.05, 4.69) is 22.5 Å². The van der Waals surface area contributed by atoms with Gasteiger partial charge in [-0.25, -0.2) is 4.39 Å². The Bertz CT molecular complexity index is 818. The Morgan fingerprint density at radius 1 is 1.24 bits per heavy atom. The van der Waals surface area contributed by atoms with Crippen molar-refractivity contribution in [1.82, 2.24) is 0 Å². The van der Waals surface area contributed by atoms with Gasteiger partial charge < -0.3 is 4.74 Å². The van der Waals surface area contributed by atoms with Gasteiger partial charge in [0, 0.05) is 10.0 Å². The van der Waals surface area contributed by atoms with Crippen molar-refractivity contribution in [2.75, 3.05) is 7.11 Å². The van der Waals surface area contributed by atoms with E-state index < -0.39 is 0 Å². The van der Waals surface area contributed by atoms with Crippen LogP contribution >= 0.6 is 15.9 Å². The maximum atomic E-state index is 13.7. The molecule has 0 saturated carbocycles. The van der Waals surface area contributed by atoms with E-state index in [0.717, 1.165) is 16.9 Å². The smallest absolute Gasteiger partial charge is 0.178 e. The Hall–Kier alpha value is -2.46. The fourth-order valence-corrected chi connectivity index (χ4v) is 2.76. The number of ketones is 1. The highest BCUT2D eigenvalue weighted by Crippen LogP contribution is 2.22. The monoisotopic (exact) mass is 400 g/mol. The van der Waals surface area contributed by atoms with Gasteiger partial charge in [0.2, 0.25) is 0 Å². The van der Waals surface area contributed by atoms with Gasteiger partial charge >= 0.3 is 0 Å². The fourth-order valence-electron chi connectivity index (χ4n) is 2.29. The van der Waals surface area contributed by atoms with Gasteiger partial charge in [-0.3, -0.25) is 4.79 Å². The van der Waals surface area contributed by atoms with Crippen LogP contribution in [0.15, 0.2) is 65.7 Å². The van der Waals surface area contributed by atoms with Crippen molar-refractivity contribution in [1.29, 1.82) is 0 Å².